The van der Waals surface area contributed by atoms with Crippen LogP contribution in [0.3, 0.4) is 0 Å². The van der Waals surface area contributed by atoms with Crippen LogP contribution in [0.2, 0.25) is 0 Å². The van der Waals surface area contributed by atoms with E-state index in [2.05, 4.69) is 9.47 Å². The van der Waals surface area contributed by atoms with E-state index in [9.17, 15) is 8.78 Å². The first-order chi connectivity index (χ1) is 5.12. The van der Waals surface area contributed by atoms with Gasteiger partial charge in [-0.2, -0.15) is 8.78 Å². The predicted molar refractivity (Wildman–Crippen MR) is 37.7 cm³/mol. The summed E-state index contributed by atoms with van der Waals surface area (Å²) in [4.78, 5) is 0. The SMILES string of the molecule is CCCOCC(F)(F)OCC. The van der Waals surface area contributed by atoms with E-state index in [4.69, 9.17) is 0 Å². The summed E-state index contributed by atoms with van der Waals surface area (Å²) in [7, 11) is 0. The summed E-state index contributed by atoms with van der Waals surface area (Å²) in [5.41, 5.74) is 0. The average Bonchev–Trinajstić information content (AvgIpc) is 1.87. The molecule has 0 saturated carbocycles. The number of rotatable bonds is 6. The van der Waals surface area contributed by atoms with Crippen LogP contribution in [0.25, 0.3) is 0 Å². The topological polar surface area (TPSA) is 18.5 Å². The molecule has 0 rings (SSSR count). The van der Waals surface area contributed by atoms with Crippen molar-refractivity contribution in [3.8, 4) is 0 Å². The van der Waals surface area contributed by atoms with Gasteiger partial charge in [0.15, 0.2) is 0 Å². The zero-order valence-electron chi connectivity index (χ0n) is 6.90. The molecule has 11 heavy (non-hydrogen) atoms. The lowest BCUT2D eigenvalue weighted by atomic mass is 10.5. The Kier molecular flexibility index (Phi) is 5.32. The third kappa shape index (κ3) is 6.19. The number of hydrogen-bond acceptors (Lipinski definition) is 2. The molecule has 0 radical (unpaired) electrons. The number of alkyl halides is 2. The van der Waals surface area contributed by atoms with Crippen molar-refractivity contribution in [2.75, 3.05) is 19.8 Å². The minimum absolute atomic E-state index is 0.00247. The molecule has 0 aliphatic carbocycles. The van der Waals surface area contributed by atoms with Gasteiger partial charge in [0.1, 0.15) is 6.61 Å². The van der Waals surface area contributed by atoms with Gasteiger partial charge in [0.2, 0.25) is 0 Å². The normalized spacial score (nSPS) is 12.0. The van der Waals surface area contributed by atoms with Crippen molar-refractivity contribution >= 4 is 0 Å². The predicted octanol–water partition coefficient (Wildman–Crippen LogP) is 2.04. The van der Waals surface area contributed by atoms with Crippen molar-refractivity contribution in [2.24, 2.45) is 0 Å². The lowest BCUT2D eigenvalue weighted by Crippen LogP contribution is -2.27. The molecule has 0 spiro atoms. The first-order valence-electron chi connectivity index (χ1n) is 3.72. The highest BCUT2D eigenvalue weighted by Crippen LogP contribution is 2.14. The molecule has 2 nitrogen and oxygen atoms in total. The van der Waals surface area contributed by atoms with Gasteiger partial charge < -0.3 is 9.47 Å². The molecule has 0 atom stereocenters. The largest absolute Gasteiger partial charge is 0.378 e. The maximum absolute atomic E-state index is 12.4. The second kappa shape index (κ2) is 5.43. The molecule has 0 aliphatic rings. The maximum atomic E-state index is 12.4. The highest BCUT2D eigenvalue weighted by atomic mass is 19.3. The Labute approximate surface area is 65.5 Å². The zero-order valence-corrected chi connectivity index (χ0v) is 6.90. The Balaban J connectivity index is 3.38. The molecule has 0 aromatic carbocycles. The molecule has 0 amide bonds. The van der Waals surface area contributed by atoms with Crippen molar-refractivity contribution in [1.29, 1.82) is 0 Å². The monoisotopic (exact) mass is 168 g/mol. The van der Waals surface area contributed by atoms with Crippen LogP contribution < -0.4 is 0 Å². The highest BCUT2D eigenvalue weighted by molar-refractivity contribution is 4.48. The molecular weight excluding hydrogens is 154 g/mol. The molecule has 0 heterocycles. The molecule has 4 heteroatoms. The molecule has 0 N–H and O–H groups in total. The molecule has 0 fully saturated rings. The lowest BCUT2D eigenvalue weighted by molar-refractivity contribution is -0.262. The van der Waals surface area contributed by atoms with Crippen molar-refractivity contribution in [3.63, 3.8) is 0 Å². The molecule has 0 aromatic rings. The van der Waals surface area contributed by atoms with Crippen LogP contribution >= 0.6 is 0 Å². The second-order valence-electron chi connectivity index (χ2n) is 2.12. The summed E-state index contributed by atoms with van der Waals surface area (Å²) in [5, 5.41) is 0. The van der Waals surface area contributed by atoms with Gasteiger partial charge in [-0.1, -0.05) is 6.92 Å². The van der Waals surface area contributed by atoms with E-state index in [0.29, 0.717) is 6.61 Å². The average molecular weight is 168 g/mol. The molecule has 0 aliphatic heterocycles. The summed E-state index contributed by atoms with van der Waals surface area (Å²) in [5.74, 6) is 0. The molecule has 0 aromatic heterocycles. The fourth-order valence-electron chi connectivity index (χ4n) is 0.588. The van der Waals surface area contributed by atoms with E-state index in [-0.39, 0.29) is 6.61 Å². The molecule has 68 valence electrons. The third-order valence-electron chi connectivity index (χ3n) is 0.974. The van der Waals surface area contributed by atoms with Crippen LogP contribution in [0.15, 0.2) is 0 Å². The van der Waals surface area contributed by atoms with Gasteiger partial charge in [0.25, 0.3) is 0 Å². The van der Waals surface area contributed by atoms with Crippen LogP contribution in [0.1, 0.15) is 20.3 Å². The second-order valence-corrected chi connectivity index (χ2v) is 2.12. The van der Waals surface area contributed by atoms with Crippen molar-refractivity contribution in [3.05, 3.63) is 0 Å². The van der Waals surface area contributed by atoms with E-state index in [1.807, 2.05) is 6.92 Å². The third-order valence-corrected chi connectivity index (χ3v) is 0.974. The molecule has 0 bridgehead atoms. The molecule has 0 unspecified atom stereocenters. The molecule has 0 saturated heterocycles. The van der Waals surface area contributed by atoms with E-state index in [0.717, 1.165) is 6.42 Å². The number of hydrogen-bond donors (Lipinski definition) is 0. The van der Waals surface area contributed by atoms with Gasteiger partial charge >= 0.3 is 6.11 Å². The van der Waals surface area contributed by atoms with E-state index in [1.54, 1.807) is 0 Å². The number of ether oxygens (including phenoxy) is 2. The minimum atomic E-state index is -3.12. The van der Waals surface area contributed by atoms with Crippen molar-refractivity contribution in [2.45, 2.75) is 26.4 Å². The smallest absolute Gasteiger partial charge is 0.372 e. The Hall–Kier alpha value is -0.220. The van der Waals surface area contributed by atoms with Gasteiger partial charge in [-0.15, -0.1) is 0 Å². The van der Waals surface area contributed by atoms with E-state index >= 15 is 0 Å². The number of halogens is 2. The van der Waals surface area contributed by atoms with Crippen molar-refractivity contribution in [1.82, 2.24) is 0 Å². The first-order valence-corrected chi connectivity index (χ1v) is 3.72. The van der Waals surface area contributed by atoms with E-state index < -0.39 is 12.7 Å². The highest BCUT2D eigenvalue weighted by Gasteiger charge is 2.29. The van der Waals surface area contributed by atoms with Crippen LogP contribution in [0.5, 0.6) is 0 Å². The van der Waals surface area contributed by atoms with E-state index in [1.165, 1.54) is 6.92 Å². The Morgan fingerprint density at radius 3 is 2.36 bits per heavy atom. The fourth-order valence-corrected chi connectivity index (χ4v) is 0.588. The van der Waals surface area contributed by atoms with Gasteiger partial charge in [-0.05, 0) is 13.3 Å². The fraction of sp³-hybridized carbons (Fsp3) is 1.00. The summed E-state index contributed by atoms with van der Waals surface area (Å²) < 4.78 is 33.5. The van der Waals surface area contributed by atoms with Gasteiger partial charge in [-0.25, -0.2) is 0 Å². The summed E-state index contributed by atoms with van der Waals surface area (Å²) in [6, 6.07) is 0. The first kappa shape index (κ1) is 10.8. The standard InChI is InChI=1S/C7H14F2O2/c1-3-5-10-6-7(8,9)11-4-2/h3-6H2,1-2H3. The minimum Gasteiger partial charge on any atom is -0.372 e. The summed E-state index contributed by atoms with van der Waals surface area (Å²) in [6.07, 6.45) is -2.38. The van der Waals surface area contributed by atoms with Crippen molar-refractivity contribution < 1.29 is 18.3 Å². The maximum Gasteiger partial charge on any atom is 0.378 e. The summed E-state index contributed by atoms with van der Waals surface area (Å²) in [6.45, 7) is 3.09. The molecular formula is C7H14F2O2. The van der Waals surface area contributed by atoms with Gasteiger partial charge in [0, 0.05) is 6.61 Å². The van der Waals surface area contributed by atoms with Gasteiger partial charge in [-0.3, -0.25) is 0 Å². The lowest BCUT2D eigenvalue weighted by Gasteiger charge is -2.15. The van der Waals surface area contributed by atoms with Crippen LogP contribution in [-0.4, -0.2) is 25.9 Å². The van der Waals surface area contributed by atoms with Crippen LogP contribution in [0.4, 0.5) is 8.78 Å². The Morgan fingerprint density at radius 1 is 1.27 bits per heavy atom. The van der Waals surface area contributed by atoms with Gasteiger partial charge in [0.05, 0.1) is 6.61 Å². The van der Waals surface area contributed by atoms with Crippen LogP contribution in [0, 0.1) is 0 Å². The zero-order chi connectivity index (χ0) is 8.74. The van der Waals surface area contributed by atoms with Crippen LogP contribution in [-0.2, 0) is 9.47 Å². The quantitative estimate of drug-likeness (QED) is 0.565. The Morgan fingerprint density at radius 2 is 1.91 bits per heavy atom. The Bertz CT molecular complexity index is 96.4. The summed E-state index contributed by atoms with van der Waals surface area (Å²) >= 11 is 0.